The summed E-state index contributed by atoms with van der Waals surface area (Å²) in [5.74, 6) is 1.27. The fourth-order valence-corrected chi connectivity index (χ4v) is 2.00. The number of hydrogen-bond acceptors (Lipinski definition) is 4. The van der Waals surface area contributed by atoms with Gasteiger partial charge in [-0.3, -0.25) is 4.68 Å². The fourth-order valence-electron chi connectivity index (χ4n) is 1.76. The Hall–Kier alpha value is -1.88. The maximum Gasteiger partial charge on any atom is 0.145 e. The van der Waals surface area contributed by atoms with Gasteiger partial charge in [0.1, 0.15) is 11.5 Å². The second kappa shape index (κ2) is 5.84. The maximum absolute atomic E-state index is 6.11. The molecule has 0 spiro atoms. The van der Waals surface area contributed by atoms with Gasteiger partial charge in [0.05, 0.1) is 31.1 Å². The third-order valence-corrected chi connectivity index (χ3v) is 3.01. The van der Waals surface area contributed by atoms with Gasteiger partial charge >= 0.3 is 0 Å². The molecule has 0 unspecified atom stereocenters. The third kappa shape index (κ3) is 3.12. The molecule has 0 amide bonds. The smallest absolute Gasteiger partial charge is 0.145 e. The summed E-state index contributed by atoms with van der Waals surface area (Å²) in [5.41, 5.74) is 1.90. The number of hydrogen-bond donors (Lipinski definition) is 1. The van der Waals surface area contributed by atoms with E-state index in [0.717, 1.165) is 11.3 Å². The molecule has 0 aliphatic rings. The second-order valence-electron chi connectivity index (χ2n) is 4.06. The largest absolute Gasteiger partial charge is 0.495 e. The lowest BCUT2D eigenvalue weighted by Gasteiger charge is -2.13. The van der Waals surface area contributed by atoms with E-state index >= 15 is 0 Å². The van der Waals surface area contributed by atoms with E-state index in [0.29, 0.717) is 23.1 Å². The molecule has 0 saturated carbocycles. The molecule has 1 heterocycles. The Balaban J connectivity index is 2.17. The van der Waals surface area contributed by atoms with Crippen LogP contribution >= 0.6 is 11.6 Å². The topological polar surface area (TPSA) is 48.3 Å². The molecule has 19 heavy (non-hydrogen) atoms. The van der Waals surface area contributed by atoms with Crippen LogP contribution in [0.2, 0.25) is 5.02 Å². The van der Waals surface area contributed by atoms with Gasteiger partial charge in [0.25, 0.3) is 0 Å². The van der Waals surface area contributed by atoms with Crippen LogP contribution in [0.1, 0.15) is 5.56 Å². The van der Waals surface area contributed by atoms with Gasteiger partial charge in [0, 0.05) is 31.4 Å². The molecule has 0 fully saturated rings. The van der Waals surface area contributed by atoms with Crippen molar-refractivity contribution < 1.29 is 9.47 Å². The van der Waals surface area contributed by atoms with Crippen molar-refractivity contribution in [1.29, 1.82) is 0 Å². The number of benzene rings is 1. The van der Waals surface area contributed by atoms with Crippen molar-refractivity contribution in [3.8, 4) is 11.5 Å². The first-order valence-electron chi connectivity index (χ1n) is 5.77. The Morgan fingerprint density at radius 3 is 2.58 bits per heavy atom. The molecule has 0 bridgehead atoms. The molecule has 5 nitrogen and oxygen atoms in total. The number of aryl methyl sites for hydroxylation is 1. The van der Waals surface area contributed by atoms with E-state index in [1.54, 1.807) is 31.0 Å². The van der Waals surface area contributed by atoms with Crippen LogP contribution in [0.3, 0.4) is 0 Å². The Morgan fingerprint density at radius 2 is 2.00 bits per heavy atom. The van der Waals surface area contributed by atoms with E-state index in [2.05, 4.69) is 10.4 Å². The molecule has 0 atom stereocenters. The number of anilines is 1. The van der Waals surface area contributed by atoms with Gasteiger partial charge < -0.3 is 14.8 Å². The van der Waals surface area contributed by atoms with Crippen LogP contribution in [0.25, 0.3) is 0 Å². The molecule has 1 aromatic heterocycles. The number of methoxy groups -OCH3 is 2. The lowest BCUT2D eigenvalue weighted by Crippen LogP contribution is -2.01. The van der Waals surface area contributed by atoms with E-state index in [1.807, 2.05) is 19.4 Å². The zero-order valence-electron chi connectivity index (χ0n) is 11.1. The predicted molar refractivity (Wildman–Crippen MR) is 75.1 cm³/mol. The van der Waals surface area contributed by atoms with Crippen molar-refractivity contribution in [3.63, 3.8) is 0 Å². The summed E-state index contributed by atoms with van der Waals surface area (Å²) in [7, 11) is 5.07. The molecule has 1 aromatic carbocycles. The summed E-state index contributed by atoms with van der Waals surface area (Å²) in [6.07, 6.45) is 3.76. The normalized spacial score (nSPS) is 10.3. The van der Waals surface area contributed by atoms with Crippen LogP contribution in [0, 0.1) is 0 Å². The first-order chi connectivity index (χ1) is 9.13. The van der Waals surface area contributed by atoms with Crippen molar-refractivity contribution in [1.82, 2.24) is 9.78 Å². The molecule has 1 N–H and O–H groups in total. The summed E-state index contributed by atoms with van der Waals surface area (Å²) in [6.45, 7) is 0.646. The number of aromatic nitrogens is 2. The molecule has 0 aliphatic carbocycles. The van der Waals surface area contributed by atoms with Crippen LogP contribution in [0.5, 0.6) is 11.5 Å². The Labute approximate surface area is 117 Å². The highest BCUT2D eigenvalue weighted by atomic mass is 35.5. The van der Waals surface area contributed by atoms with E-state index in [-0.39, 0.29) is 0 Å². The van der Waals surface area contributed by atoms with Gasteiger partial charge in [-0.15, -0.1) is 0 Å². The van der Waals surface area contributed by atoms with Gasteiger partial charge in [0.2, 0.25) is 0 Å². The number of rotatable bonds is 5. The summed E-state index contributed by atoms with van der Waals surface area (Å²) < 4.78 is 12.2. The van der Waals surface area contributed by atoms with Gasteiger partial charge in [-0.05, 0) is 6.07 Å². The lowest BCUT2D eigenvalue weighted by molar-refractivity contribution is 0.395. The second-order valence-corrected chi connectivity index (χ2v) is 4.47. The van der Waals surface area contributed by atoms with Crippen molar-refractivity contribution in [2.75, 3.05) is 19.5 Å². The highest BCUT2D eigenvalue weighted by Gasteiger charge is 2.09. The minimum absolute atomic E-state index is 0.539. The first kappa shape index (κ1) is 13.5. The predicted octanol–water partition coefficient (Wildman–Crippen LogP) is 2.70. The lowest BCUT2D eigenvalue weighted by atomic mass is 10.2. The minimum atomic E-state index is 0.539. The summed E-state index contributed by atoms with van der Waals surface area (Å²) in [6, 6.07) is 3.55. The van der Waals surface area contributed by atoms with Crippen molar-refractivity contribution in [3.05, 3.63) is 35.1 Å². The quantitative estimate of drug-likeness (QED) is 0.915. The summed E-state index contributed by atoms with van der Waals surface area (Å²) in [5, 5.41) is 7.92. The highest BCUT2D eigenvalue weighted by Crippen LogP contribution is 2.36. The maximum atomic E-state index is 6.11. The summed E-state index contributed by atoms with van der Waals surface area (Å²) in [4.78, 5) is 0. The SMILES string of the molecule is COc1cc(OC)c(NCc2cnn(C)c2)cc1Cl. The van der Waals surface area contributed by atoms with Gasteiger partial charge in [-0.2, -0.15) is 5.10 Å². The van der Waals surface area contributed by atoms with E-state index in [9.17, 15) is 0 Å². The van der Waals surface area contributed by atoms with Gasteiger partial charge in [-0.25, -0.2) is 0 Å². The van der Waals surface area contributed by atoms with E-state index < -0.39 is 0 Å². The third-order valence-electron chi connectivity index (χ3n) is 2.72. The van der Waals surface area contributed by atoms with Crippen molar-refractivity contribution in [2.45, 2.75) is 6.54 Å². The van der Waals surface area contributed by atoms with Crippen molar-refractivity contribution in [2.24, 2.45) is 7.05 Å². The molecule has 0 aliphatic heterocycles. The fraction of sp³-hybridized carbons (Fsp3) is 0.308. The molecule has 0 radical (unpaired) electrons. The summed E-state index contributed by atoms with van der Waals surface area (Å²) >= 11 is 6.11. The van der Waals surface area contributed by atoms with E-state index in [4.69, 9.17) is 21.1 Å². The highest BCUT2D eigenvalue weighted by molar-refractivity contribution is 6.32. The van der Waals surface area contributed by atoms with E-state index in [1.165, 1.54) is 0 Å². The van der Waals surface area contributed by atoms with Crippen LogP contribution < -0.4 is 14.8 Å². The zero-order chi connectivity index (χ0) is 13.8. The molecule has 2 rings (SSSR count). The molecular formula is C13H16ClN3O2. The average Bonchev–Trinajstić information content (AvgIpc) is 2.82. The van der Waals surface area contributed by atoms with Crippen LogP contribution in [-0.4, -0.2) is 24.0 Å². The van der Waals surface area contributed by atoms with Crippen LogP contribution in [0.4, 0.5) is 5.69 Å². The van der Waals surface area contributed by atoms with Crippen LogP contribution in [0.15, 0.2) is 24.5 Å². The van der Waals surface area contributed by atoms with Crippen LogP contribution in [-0.2, 0) is 13.6 Å². The van der Waals surface area contributed by atoms with Gasteiger partial charge in [-0.1, -0.05) is 11.6 Å². The molecule has 102 valence electrons. The van der Waals surface area contributed by atoms with Gasteiger partial charge in [0.15, 0.2) is 0 Å². The minimum Gasteiger partial charge on any atom is -0.495 e. The first-order valence-corrected chi connectivity index (χ1v) is 6.14. The number of halogens is 1. The standard InChI is InChI=1S/C13H16ClN3O2/c1-17-8-9(7-16-17)6-15-11-4-10(14)12(18-2)5-13(11)19-3/h4-5,7-8,15H,6H2,1-3H3. The Bertz CT molecular complexity index is 569. The molecule has 2 aromatic rings. The Morgan fingerprint density at radius 1 is 1.26 bits per heavy atom. The number of nitrogens with zero attached hydrogens (tertiary/aromatic N) is 2. The average molecular weight is 282 g/mol. The molecule has 0 saturated heterocycles. The molecule has 6 heteroatoms. The molecular weight excluding hydrogens is 266 g/mol. The zero-order valence-corrected chi connectivity index (χ0v) is 11.9. The monoisotopic (exact) mass is 281 g/mol. The number of nitrogens with one attached hydrogen (secondary N) is 1. The number of ether oxygens (including phenoxy) is 2. The Kier molecular flexibility index (Phi) is 4.16. The van der Waals surface area contributed by atoms with Crippen molar-refractivity contribution >= 4 is 17.3 Å².